The summed E-state index contributed by atoms with van der Waals surface area (Å²) in [5, 5.41) is 0. The van der Waals surface area contributed by atoms with Crippen LogP contribution in [-0.4, -0.2) is 25.9 Å². The SMILES string of the molecule is COC(=O)c1ccc(OCC(F)(F)F)c(Br)c1. The molecule has 0 saturated carbocycles. The smallest absolute Gasteiger partial charge is 0.422 e. The van der Waals surface area contributed by atoms with Gasteiger partial charge in [0.15, 0.2) is 6.61 Å². The van der Waals surface area contributed by atoms with Crippen LogP contribution in [0.4, 0.5) is 13.2 Å². The van der Waals surface area contributed by atoms with Gasteiger partial charge in [0.1, 0.15) is 5.75 Å². The van der Waals surface area contributed by atoms with Crippen molar-refractivity contribution in [2.24, 2.45) is 0 Å². The highest BCUT2D eigenvalue weighted by atomic mass is 79.9. The molecule has 0 amide bonds. The van der Waals surface area contributed by atoms with Crippen molar-refractivity contribution < 1.29 is 27.4 Å². The Labute approximate surface area is 104 Å². The van der Waals surface area contributed by atoms with Crippen LogP contribution in [0.3, 0.4) is 0 Å². The molecule has 0 atom stereocenters. The summed E-state index contributed by atoms with van der Waals surface area (Å²) in [4.78, 5) is 11.1. The number of carbonyl (C=O) groups excluding carboxylic acids is 1. The van der Waals surface area contributed by atoms with Crippen molar-refractivity contribution in [3.8, 4) is 5.75 Å². The summed E-state index contributed by atoms with van der Waals surface area (Å²) < 4.78 is 45.0. The van der Waals surface area contributed by atoms with Gasteiger partial charge < -0.3 is 9.47 Å². The molecule has 0 unspecified atom stereocenters. The van der Waals surface area contributed by atoms with E-state index in [0.29, 0.717) is 0 Å². The fourth-order valence-electron chi connectivity index (χ4n) is 1.02. The minimum absolute atomic E-state index is 0.00924. The summed E-state index contributed by atoms with van der Waals surface area (Å²) in [6.45, 7) is -1.39. The van der Waals surface area contributed by atoms with E-state index in [4.69, 9.17) is 0 Å². The van der Waals surface area contributed by atoms with E-state index < -0.39 is 18.8 Å². The van der Waals surface area contributed by atoms with Crippen LogP contribution in [0.25, 0.3) is 0 Å². The number of rotatable bonds is 3. The molecule has 0 aliphatic carbocycles. The minimum atomic E-state index is -4.40. The summed E-state index contributed by atoms with van der Waals surface area (Å²) in [6.07, 6.45) is -4.40. The number of hydrogen-bond acceptors (Lipinski definition) is 3. The van der Waals surface area contributed by atoms with Crippen LogP contribution in [0.5, 0.6) is 5.75 Å². The number of carbonyl (C=O) groups is 1. The lowest BCUT2D eigenvalue weighted by atomic mass is 10.2. The predicted molar refractivity (Wildman–Crippen MR) is 57.0 cm³/mol. The molecule has 94 valence electrons. The van der Waals surface area contributed by atoms with E-state index in [0.717, 1.165) is 0 Å². The summed E-state index contributed by atoms with van der Waals surface area (Å²) >= 11 is 3.01. The van der Waals surface area contributed by atoms with Crippen LogP contribution < -0.4 is 4.74 Å². The number of halogens is 4. The number of benzene rings is 1. The van der Waals surface area contributed by atoms with Crippen molar-refractivity contribution >= 4 is 21.9 Å². The van der Waals surface area contributed by atoms with Gasteiger partial charge in [-0.1, -0.05) is 0 Å². The third-order valence-corrected chi connectivity index (χ3v) is 2.36. The van der Waals surface area contributed by atoms with E-state index in [2.05, 4.69) is 25.4 Å². The molecule has 0 fully saturated rings. The first kappa shape index (κ1) is 13.8. The Bertz CT molecular complexity index is 418. The quantitative estimate of drug-likeness (QED) is 0.804. The van der Waals surface area contributed by atoms with Gasteiger partial charge in [0.05, 0.1) is 17.1 Å². The van der Waals surface area contributed by atoms with Gasteiger partial charge in [0.25, 0.3) is 0 Å². The fourth-order valence-corrected chi connectivity index (χ4v) is 1.52. The largest absolute Gasteiger partial charge is 0.483 e. The third kappa shape index (κ3) is 4.26. The average molecular weight is 313 g/mol. The summed E-state index contributed by atoms with van der Waals surface area (Å²) in [5.41, 5.74) is 0.221. The maximum absolute atomic E-state index is 11.9. The third-order valence-electron chi connectivity index (χ3n) is 1.74. The standard InChI is InChI=1S/C10H8BrF3O3/c1-16-9(15)6-2-3-8(7(11)4-6)17-5-10(12,13)14/h2-4H,5H2,1H3. The lowest BCUT2D eigenvalue weighted by Crippen LogP contribution is -2.19. The average Bonchev–Trinajstić information content (AvgIpc) is 2.25. The van der Waals surface area contributed by atoms with Gasteiger partial charge in [-0.15, -0.1) is 0 Å². The lowest BCUT2D eigenvalue weighted by molar-refractivity contribution is -0.153. The highest BCUT2D eigenvalue weighted by molar-refractivity contribution is 9.10. The van der Waals surface area contributed by atoms with Crippen LogP contribution in [0.2, 0.25) is 0 Å². The monoisotopic (exact) mass is 312 g/mol. The van der Waals surface area contributed by atoms with Gasteiger partial charge >= 0.3 is 12.1 Å². The first-order chi connectivity index (χ1) is 7.83. The van der Waals surface area contributed by atoms with Crippen LogP contribution in [0.1, 0.15) is 10.4 Å². The van der Waals surface area contributed by atoms with Crippen molar-refractivity contribution in [1.82, 2.24) is 0 Å². The fraction of sp³-hybridized carbons (Fsp3) is 0.300. The first-order valence-electron chi connectivity index (χ1n) is 4.41. The molecule has 1 aromatic carbocycles. The minimum Gasteiger partial charge on any atom is -0.483 e. The molecule has 0 bridgehead atoms. The molecule has 0 aliphatic rings. The lowest BCUT2D eigenvalue weighted by Gasteiger charge is -2.11. The predicted octanol–water partition coefficient (Wildman–Crippen LogP) is 3.18. The molecule has 1 aromatic rings. The number of esters is 1. The van der Waals surface area contributed by atoms with Crippen LogP contribution in [-0.2, 0) is 4.74 Å². The van der Waals surface area contributed by atoms with Gasteiger partial charge in [0, 0.05) is 0 Å². The van der Waals surface area contributed by atoms with Gasteiger partial charge in [-0.3, -0.25) is 0 Å². The highest BCUT2D eigenvalue weighted by Gasteiger charge is 2.28. The summed E-state index contributed by atoms with van der Waals surface area (Å²) in [7, 11) is 1.21. The van der Waals surface area contributed by atoms with E-state index in [1.165, 1.54) is 25.3 Å². The van der Waals surface area contributed by atoms with E-state index in [1.807, 2.05) is 0 Å². The van der Waals surface area contributed by atoms with Crippen LogP contribution >= 0.6 is 15.9 Å². The zero-order valence-corrected chi connectivity index (χ0v) is 10.3. The molecule has 0 heterocycles. The zero-order valence-electron chi connectivity index (χ0n) is 8.68. The topological polar surface area (TPSA) is 35.5 Å². The Balaban J connectivity index is 2.80. The Morgan fingerprint density at radius 1 is 1.41 bits per heavy atom. The van der Waals surface area contributed by atoms with Crippen molar-refractivity contribution in [3.05, 3.63) is 28.2 Å². The molecular weight excluding hydrogens is 305 g/mol. The van der Waals surface area contributed by atoms with E-state index >= 15 is 0 Å². The maximum Gasteiger partial charge on any atom is 0.422 e. The molecule has 0 N–H and O–H groups in total. The Morgan fingerprint density at radius 3 is 2.53 bits per heavy atom. The second-order valence-corrected chi connectivity index (χ2v) is 3.89. The Morgan fingerprint density at radius 2 is 2.06 bits per heavy atom. The van der Waals surface area contributed by atoms with E-state index in [-0.39, 0.29) is 15.8 Å². The molecule has 0 saturated heterocycles. The van der Waals surface area contributed by atoms with Gasteiger partial charge in [-0.2, -0.15) is 13.2 Å². The van der Waals surface area contributed by atoms with Gasteiger partial charge in [-0.25, -0.2) is 4.79 Å². The molecule has 1 rings (SSSR count). The second kappa shape index (κ2) is 5.39. The van der Waals surface area contributed by atoms with Crippen LogP contribution in [0, 0.1) is 0 Å². The normalized spacial score (nSPS) is 11.1. The molecule has 7 heteroatoms. The van der Waals surface area contributed by atoms with Crippen molar-refractivity contribution in [1.29, 1.82) is 0 Å². The maximum atomic E-state index is 11.9. The number of hydrogen-bond donors (Lipinski definition) is 0. The molecule has 0 radical (unpaired) electrons. The number of alkyl halides is 3. The first-order valence-corrected chi connectivity index (χ1v) is 5.20. The summed E-state index contributed by atoms with van der Waals surface area (Å²) in [5.74, 6) is -0.567. The van der Waals surface area contributed by atoms with E-state index in [9.17, 15) is 18.0 Å². The molecule has 0 aromatic heterocycles. The van der Waals surface area contributed by atoms with Gasteiger partial charge in [0.2, 0.25) is 0 Å². The molecule has 0 spiro atoms. The van der Waals surface area contributed by atoms with Crippen molar-refractivity contribution in [2.45, 2.75) is 6.18 Å². The number of ether oxygens (including phenoxy) is 2. The molecule has 17 heavy (non-hydrogen) atoms. The molecule has 3 nitrogen and oxygen atoms in total. The molecular formula is C10H8BrF3O3. The number of methoxy groups -OCH3 is 1. The van der Waals surface area contributed by atoms with Crippen molar-refractivity contribution in [2.75, 3.05) is 13.7 Å². The van der Waals surface area contributed by atoms with Crippen molar-refractivity contribution in [3.63, 3.8) is 0 Å². The Hall–Kier alpha value is -1.24. The van der Waals surface area contributed by atoms with E-state index in [1.54, 1.807) is 0 Å². The molecule has 0 aliphatic heterocycles. The second-order valence-electron chi connectivity index (χ2n) is 3.04. The van der Waals surface area contributed by atoms with Crippen LogP contribution in [0.15, 0.2) is 22.7 Å². The van der Waals surface area contributed by atoms with Gasteiger partial charge in [-0.05, 0) is 34.1 Å². The highest BCUT2D eigenvalue weighted by Crippen LogP contribution is 2.28. The zero-order chi connectivity index (χ0) is 13.1. The summed E-state index contributed by atoms with van der Waals surface area (Å²) in [6, 6.07) is 3.92. The Kier molecular flexibility index (Phi) is 4.39.